The number of carbonyl (C=O) groups is 2. The Morgan fingerprint density at radius 1 is 0.974 bits per heavy atom. The summed E-state index contributed by atoms with van der Waals surface area (Å²) in [5, 5.41) is 36.5. The minimum Gasteiger partial charge on any atom is -0.507 e. The van der Waals surface area contributed by atoms with Crippen LogP contribution in [0.2, 0.25) is 0 Å². The highest BCUT2D eigenvalue weighted by Crippen LogP contribution is 2.56. The van der Waals surface area contributed by atoms with Gasteiger partial charge in [-0.2, -0.15) is 0 Å². The predicted molar refractivity (Wildman–Crippen MR) is 137 cm³/mol. The molecule has 2 unspecified atom stereocenters. The van der Waals surface area contributed by atoms with Crippen molar-refractivity contribution in [3.05, 3.63) is 81.4 Å². The number of oxime groups is 1. The van der Waals surface area contributed by atoms with Crippen molar-refractivity contribution in [2.75, 3.05) is 14.2 Å². The van der Waals surface area contributed by atoms with Crippen LogP contribution in [0.25, 0.3) is 0 Å². The molecule has 3 aromatic rings. The summed E-state index contributed by atoms with van der Waals surface area (Å²) in [6.07, 6.45) is 0.444. The monoisotopic (exact) mass is 514 g/mol. The Morgan fingerprint density at radius 2 is 1.61 bits per heavy atom. The highest BCUT2D eigenvalue weighted by molar-refractivity contribution is 6.30. The fourth-order valence-corrected chi connectivity index (χ4v) is 6.36. The number of aromatic hydroxyl groups is 2. The van der Waals surface area contributed by atoms with Crippen LogP contribution in [0.4, 0.5) is 0 Å². The zero-order valence-corrected chi connectivity index (χ0v) is 21.1. The molecule has 3 N–H and O–H groups in total. The second-order valence-corrected chi connectivity index (χ2v) is 10.1. The summed E-state index contributed by atoms with van der Waals surface area (Å²) in [7, 11) is 3.12. The van der Waals surface area contributed by atoms with Crippen LogP contribution in [-0.4, -0.2) is 57.4 Å². The van der Waals surface area contributed by atoms with E-state index in [0.29, 0.717) is 34.9 Å². The fourth-order valence-electron chi connectivity index (χ4n) is 6.36. The molecule has 2 heterocycles. The molecule has 0 amide bonds. The Hall–Kier alpha value is -4.37. The second-order valence-electron chi connectivity index (χ2n) is 10.1. The predicted octanol–water partition coefficient (Wildman–Crippen LogP) is 3.98. The summed E-state index contributed by atoms with van der Waals surface area (Å²) in [4.78, 5) is 29.0. The van der Waals surface area contributed by atoms with Crippen LogP contribution in [0.5, 0.6) is 23.0 Å². The number of rotatable bonds is 4. The van der Waals surface area contributed by atoms with E-state index in [1.54, 1.807) is 44.6 Å². The molecule has 38 heavy (non-hydrogen) atoms. The number of carbonyl (C=O) groups excluding carboxylic acids is 2. The molecule has 0 aromatic heterocycles. The average Bonchev–Trinajstić information content (AvgIpc) is 3.10. The minimum atomic E-state index is -0.822. The van der Waals surface area contributed by atoms with Crippen LogP contribution in [0.3, 0.4) is 0 Å². The highest BCUT2D eigenvalue weighted by atomic mass is 16.5. The summed E-state index contributed by atoms with van der Waals surface area (Å²) in [5.74, 6) is -0.490. The Balaban J connectivity index is 1.52. The number of methoxy groups -OCH3 is 2. The van der Waals surface area contributed by atoms with Crippen molar-refractivity contribution < 1.29 is 34.5 Å². The standard InChI is InChI=1S/C29H26N2O7/c1-29-12-17-22(28(35)24-23(27(17)34)25(32)15-6-4-5-7-16(15)26(24)33)18(11-21(29)30-36)31(29)13-14-8-9-19(37-2)20(10-14)38-3/h4-10,18,34-36H,11-13H2,1-3H3/b30-21+. The van der Waals surface area contributed by atoms with Crippen LogP contribution >= 0.6 is 0 Å². The third-order valence-electron chi connectivity index (χ3n) is 8.25. The number of benzene rings is 3. The Morgan fingerprint density at radius 3 is 2.21 bits per heavy atom. The van der Waals surface area contributed by atoms with E-state index in [4.69, 9.17) is 9.47 Å². The van der Waals surface area contributed by atoms with Crippen LogP contribution in [0.15, 0.2) is 47.6 Å². The van der Waals surface area contributed by atoms with Gasteiger partial charge in [-0.3, -0.25) is 14.5 Å². The first-order valence-electron chi connectivity index (χ1n) is 12.2. The fraction of sp³-hybridized carbons (Fsp3) is 0.276. The largest absolute Gasteiger partial charge is 0.507 e. The van der Waals surface area contributed by atoms with E-state index in [1.165, 1.54) is 0 Å². The van der Waals surface area contributed by atoms with Crippen LogP contribution in [0, 0.1) is 0 Å². The van der Waals surface area contributed by atoms with Gasteiger partial charge in [-0.05, 0) is 24.6 Å². The van der Waals surface area contributed by atoms with Crippen LogP contribution in [-0.2, 0) is 13.0 Å². The molecule has 2 atom stereocenters. The number of phenolic OH excluding ortho intramolecular Hbond substituents is 2. The van der Waals surface area contributed by atoms with Gasteiger partial charge in [-0.25, -0.2) is 0 Å². The maximum Gasteiger partial charge on any atom is 0.198 e. The molecule has 0 saturated carbocycles. The molecule has 3 aliphatic rings. The molecule has 194 valence electrons. The van der Waals surface area contributed by atoms with Gasteiger partial charge in [-0.1, -0.05) is 35.5 Å². The van der Waals surface area contributed by atoms with Gasteiger partial charge < -0.3 is 24.9 Å². The first kappa shape index (κ1) is 24.0. The smallest absolute Gasteiger partial charge is 0.198 e. The van der Waals surface area contributed by atoms with Gasteiger partial charge in [0, 0.05) is 47.7 Å². The summed E-state index contributed by atoms with van der Waals surface area (Å²) in [5.41, 5.74) is 1.33. The van der Waals surface area contributed by atoms with Crippen molar-refractivity contribution in [3.8, 4) is 23.0 Å². The molecule has 2 aliphatic heterocycles. The topological polar surface area (TPSA) is 129 Å². The van der Waals surface area contributed by atoms with E-state index in [1.807, 2.05) is 19.1 Å². The van der Waals surface area contributed by atoms with E-state index < -0.39 is 23.1 Å². The molecule has 0 spiro atoms. The third-order valence-corrected chi connectivity index (χ3v) is 8.25. The number of nitrogens with zero attached hydrogens (tertiary/aromatic N) is 2. The van der Waals surface area contributed by atoms with E-state index in [0.717, 1.165) is 5.56 Å². The number of phenols is 2. The summed E-state index contributed by atoms with van der Waals surface area (Å²) < 4.78 is 10.8. The third kappa shape index (κ3) is 3.05. The zero-order chi connectivity index (χ0) is 26.9. The lowest BCUT2D eigenvalue weighted by Crippen LogP contribution is -2.50. The molecule has 3 aromatic carbocycles. The number of fused-ring (bicyclic) bond motifs is 6. The van der Waals surface area contributed by atoms with E-state index in [2.05, 4.69) is 10.1 Å². The van der Waals surface area contributed by atoms with Gasteiger partial charge in [0.1, 0.15) is 11.5 Å². The lowest BCUT2D eigenvalue weighted by Gasteiger charge is -2.44. The van der Waals surface area contributed by atoms with Gasteiger partial charge in [0.05, 0.1) is 36.6 Å². The van der Waals surface area contributed by atoms with E-state index >= 15 is 0 Å². The number of hydrogen-bond acceptors (Lipinski definition) is 9. The SMILES string of the molecule is COc1ccc(CN2C3C/C(=N\O)C2(C)Cc2c(O)c4c(c(O)c23)C(=O)c2ccccc2C4=O)cc1OC. The Labute approximate surface area is 218 Å². The van der Waals surface area contributed by atoms with Crippen LogP contribution in [0.1, 0.15) is 67.9 Å². The molecule has 9 heteroatoms. The van der Waals surface area contributed by atoms with Gasteiger partial charge in [-0.15, -0.1) is 0 Å². The Bertz CT molecular complexity index is 1580. The normalized spacial score (nSPS) is 22.7. The quantitative estimate of drug-likeness (QED) is 0.212. The lowest BCUT2D eigenvalue weighted by atomic mass is 9.76. The van der Waals surface area contributed by atoms with Crippen LogP contribution < -0.4 is 9.47 Å². The Kier molecular flexibility index (Phi) is 5.26. The summed E-state index contributed by atoms with van der Waals surface area (Å²) >= 11 is 0. The van der Waals surface area contributed by atoms with Crippen molar-refractivity contribution in [2.24, 2.45) is 5.16 Å². The van der Waals surface area contributed by atoms with Gasteiger partial charge in [0.25, 0.3) is 0 Å². The van der Waals surface area contributed by atoms with Gasteiger partial charge in [0.2, 0.25) is 0 Å². The molecular weight excluding hydrogens is 488 g/mol. The molecule has 1 saturated heterocycles. The van der Waals surface area contributed by atoms with Crippen molar-refractivity contribution in [3.63, 3.8) is 0 Å². The van der Waals surface area contributed by atoms with E-state index in [-0.39, 0.29) is 46.6 Å². The highest BCUT2D eigenvalue weighted by Gasteiger charge is 2.55. The molecule has 1 fully saturated rings. The van der Waals surface area contributed by atoms with E-state index in [9.17, 15) is 25.0 Å². The molecule has 2 bridgehead atoms. The minimum absolute atomic E-state index is 0.168. The number of ether oxygens (including phenoxy) is 2. The second kappa shape index (κ2) is 8.32. The van der Waals surface area contributed by atoms with Crippen molar-refractivity contribution >= 4 is 17.3 Å². The summed E-state index contributed by atoms with van der Waals surface area (Å²) in [6, 6.07) is 11.4. The number of ketones is 2. The summed E-state index contributed by atoms with van der Waals surface area (Å²) in [6.45, 7) is 2.30. The van der Waals surface area contributed by atoms with Gasteiger partial charge in [0.15, 0.2) is 23.1 Å². The maximum absolute atomic E-state index is 13.5. The molecule has 1 aliphatic carbocycles. The first-order chi connectivity index (χ1) is 18.2. The molecule has 0 radical (unpaired) electrons. The van der Waals surface area contributed by atoms with Crippen molar-refractivity contribution in [1.29, 1.82) is 0 Å². The average molecular weight is 515 g/mol. The first-order valence-corrected chi connectivity index (χ1v) is 12.2. The maximum atomic E-state index is 13.5. The van der Waals surface area contributed by atoms with Crippen molar-refractivity contribution in [2.45, 2.75) is 37.9 Å². The zero-order valence-electron chi connectivity index (χ0n) is 21.1. The van der Waals surface area contributed by atoms with Crippen molar-refractivity contribution in [1.82, 2.24) is 4.90 Å². The van der Waals surface area contributed by atoms with Gasteiger partial charge >= 0.3 is 0 Å². The molecule has 6 rings (SSSR count). The molecular formula is C29H26N2O7. The molecule has 9 nitrogen and oxygen atoms in total. The lowest BCUT2D eigenvalue weighted by molar-refractivity contribution is 0.0963. The number of hydrogen-bond donors (Lipinski definition) is 3.